The van der Waals surface area contributed by atoms with E-state index in [1.807, 2.05) is 5.01 Å². The number of hydrogen-bond acceptors (Lipinski definition) is 4. The van der Waals surface area contributed by atoms with Gasteiger partial charge in [-0.3, -0.25) is 14.6 Å². The van der Waals surface area contributed by atoms with E-state index >= 15 is 0 Å². The third-order valence-electron chi connectivity index (χ3n) is 2.53. The highest BCUT2D eigenvalue weighted by Crippen LogP contribution is 2.08. The van der Waals surface area contributed by atoms with Crippen molar-refractivity contribution in [1.29, 1.82) is 0 Å². The Morgan fingerprint density at radius 2 is 1.80 bits per heavy atom. The molecule has 0 bridgehead atoms. The number of hydrogen-bond donors (Lipinski definition) is 0. The van der Waals surface area contributed by atoms with Gasteiger partial charge in [-0.15, -0.1) is 0 Å². The van der Waals surface area contributed by atoms with Crippen LogP contribution in [0.1, 0.15) is 39.5 Å². The summed E-state index contributed by atoms with van der Waals surface area (Å²) in [7, 11) is 0. The number of carbonyl (C=O) groups excluding carboxylic acids is 2. The van der Waals surface area contributed by atoms with Crippen LogP contribution < -0.4 is 0 Å². The van der Waals surface area contributed by atoms with Crippen LogP contribution in [0.25, 0.3) is 0 Å². The van der Waals surface area contributed by atoms with Crippen molar-refractivity contribution in [3.8, 4) is 0 Å². The molecule has 0 spiro atoms. The van der Waals surface area contributed by atoms with Crippen molar-refractivity contribution in [1.82, 2.24) is 5.01 Å². The first-order valence-electron chi connectivity index (χ1n) is 5.52. The Kier molecular flexibility index (Phi) is 4.46. The fourth-order valence-corrected chi connectivity index (χ4v) is 1.60. The van der Waals surface area contributed by atoms with Gasteiger partial charge < -0.3 is 0 Å². The summed E-state index contributed by atoms with van der Waals surface area (Å²) in [4.78, 5) is 22.6. The topological polar surface area (TPSA) is 49.7 Å². The molecule has 1 aliphatic heterocycles. The van der Waals surface area contributed by atoms with E-state index in [9.17, 15) is 9.59 Å². The van der Waals surface area contributed by atoms with Crippen LogP contribution in [0.5, 0.6) is 0 Å². The summed E-state index contributed by atoms with van der Waals surface area (Å²) in [6.45, 7) is 5.09. The van der Waals surface area contributed by atoms with E-state index in [0.717, 1.165) is 25.9 Å². The van der Waals surface area contributed by atoms with Gasteiger partial charge in [-0.1, -0.05) is 6.92 Å². The average molecular weight is 210 g/mol. The van der Waals surface area contributed by atoms with Gasteiger partial charge in [-0.05, 0) is 26.2 Å². The largest absolute Gasteiger partial charge is 0.297 e. The van der Waals surface area contributed by atoms with Crippen molar-refractivity contribution >= 4 is 17.3 Å². The molecule has 15 heavy (non-hydrogen) atoms. The van der Waals surface area contributed by atoms with Crippen LogP contribution in [-0.4, -0.2) is 35.4 Å². The van der Waals surface area contributed by atoms with E-state index in [-0.39, 0.29) is 12.2 Å². The van der Waals surface area contributed by atoms with E-state index < -0.39 is 5.78 Å². The minimum absolute atomic E-state index is 0.256. The molecule has 0 unspecified atom stereocenters. The highest BCUT2D eigenvalue weighted by molar-refractivity contribution is 6.64. The molecular formula is C11H18N2O2. The maximum absolute atomic E-state index is 11.4. The molecule has 0 atom stereocenters. The second-order valence-electron chi connectivity index (χ2n) is 3.81. The van der Waals surface area contributed by atoms with Crippen LogP contribution in [0, 0.1) is 0 Å². The molecule has 1 heterocycles. The predicted octanol–water partition coefficient (Wildman–Crippen LogP) is 1.40. The molecule has 0 saturated carbocycles. The van der Waals surface area contributed by atoms with Crippen molar-refractivity contribution in [2.45, 2.75) is 39.5 Å². The number of hydrazone groups is 1. The Hall–Kier alpha value is -1.19. The number of carbonyl (C=O) groups is 2. The van der Waals surface area contributed by atoms with Crippen molar-refractivity contribution in [2.75, 3.05) is 13.1 Å². The fraction of sp³-hybridized carbons (Fsp3) is 0.727. The molecule has 1 aliphatic rings. The third kappa shape index (κ3) is 3.46. The van der Waals surface area contributed by atoms with E-state index in [2.05, 4.69) is 5.10 Å². The van der Waals surface area contributed by atoms with Gasteiger partial charge in [0.25, 0.3) is 0 Å². The molecule has 0 radical (unpaired) electrons. The zero-order valence-corrected chi connectivity index (χ0v) is 9.45. The molecule has 0 amide bonds. The van der Waals surface area contributed by atoms with Crippen LogP contribution in [-0.2, 0) is 9.59 Å². The predicted molar refractivity (Wildman–Crippen MR) is 58.8 cm³/mol. The lowest BCUT2D eigenvalue weighted by molar-refractivity contribution is -0.132. The van der Waals surface area contributed by atoms with Gasteiger partial charge in [0, 0.05) is 19.5 Å². The smallest absolute Gasteiger partial charge is 0.244 e. The third-order valence-corrected chi connectivity index (χ3v) is 2.53. The molecular weight excluding hydrogens is 192 g/mol. The summed E-state index contributed by atoms with van der Waals surface area (Å²) in [5.41, 5.74) is 0.323. The summed E-state index contributed by atoms with van der Waals surface area (Å²) in [6.07, 6.45) is 3.72. The van der Waals surface area contributed by atoms with Crippen molar-refractivity contribution < 1.29 is 9.59 Å². The SMILES string of the molecule is CCC(=O)C(=O)/C(C)=N/N1CCCCC1. The Balaban J connectivity index is 2.57. The summed E-state index contributed by atoms with van der Waals surface area (Å²) in [5, 5.41) is 6.07. The number of rotatable bonds is 4. The lowest BCUT2D eigenvalue weighted by atomic mass is 10.1. The Bertz CT molecular complexity index is 278. The maximum atomic E-state index is 11.4. The van der Waals surface area contributed by atoms with E-state index in [1.54, 1.807) is 13.8 Å². The van der Waals surface area contributed by atoms with E-state index in [4.69, 9.17) is 0 Å². The first kappa shape index (κ1) is 11.9. The minimum Gasteiger partial charge on any atom is -0.297 e. The first-order chi connectivity index (χ1) is 7.15. The van der Waals surface area contributed by atoms with Crippen molar-refractivity contribution in [3.63, 3.8) is 0 Å². The van der Waals surface area contributed by atoms with Gasteiger partial charge in [-0.25, -0.2) is 0 Å². The molecule has 4 nitrogen and oxygen atoms in total. The Morgan fingerprint density at radius 1 is 1.20 bits per heavy atom. The second kappa shape index (κ2) is 5.63. The number of Topliss-reactive ketones (excluding diaryl/α,β-unsaturated/α-hetero) is 2. The molecule has 1 saturated heterocycles. The average Bonchev–Trinajstić information content (AvgIpc) is 2.28. The normalized spacial score (nSPS) is 17.7. The van der Waals surface area contributed by atoms with Crippen LogP contribution >= 0.6 is 0 Å². The lowest BCUT2D eigenvalue weighted by Gasteiger charge is -2.23. The van der Waals surface area contributed by atoms with Gasteiger partial charge in [0.2, 0.25) is 11.6 Å². The Labute approximate surface area is 90.3 Å². The lowest BCUT2D eigenvalue weighted by Crippen LogP contribution is -2.29. The highest BCUT2D eigenvalue weighted by Gasteiger charge is 2.16. The molecule has 1 fully saturated rings. The zero-order chi connectivity index (χ0) is 11.3. The maximum Gasteiger partial charge on any atom is 0.244 e. The van der Waals surface area contributed by atoms with Gasteiger partial charge in [0.05, 0.1) is 0 Å². The number of nitrogens with zero attached hydrogens (tertiary/aromatic N) is 2. The standard InChI is InChI=1S/C11H18N2O2/c1-3-10(14)11(15)9(2)12-13-7-5-4-6-8-13/h3-8H2,1-2H3/b12-9+. The molecule has 0 aromatic carbocycles. The molecule has 0 N–H and O–H groups in total. The van der Waals surface area contributed by atoms with Gasteiger partial charge in [-0.2, -0.15) is 5.10 Å². The van der Waals surface area contributed by atoms with Gasteiger partial charge in [0.1, 0.15) is 5.71 Å². The molecule has 4 heteroatoms. The molecule has 0 aliphatic carbocycles. The van der Waals surface area contributed by atoms with Gasteiger partial charge in [0.15, 0.2) is 0 Å². The van der Waals surface area contributed by atoms with Crippen molar-refractivity contribution in [3.05, 3.63) is 0 Å². The zero-order valence-electron chi connectivity index (χ0n) is 9.45. The fourth-order valence-electron chi connectivity index (χ4n) is 1.60. The quantitative estimate of drug-likeness (QED) is 0.520. The first-order valence-corrected chi connectivity index (χ1v) is 5.52. The van der Waals surface area contributed by atoms with E-state index in [1.165, 1.54) is 6.42 Å². The van der Waals surface area contributed by atoms with Gasteiger partial charge >= 0.3 is 0 Å². The Morgan fingerprint density at radius 3 is 2.33 bits per heavy atom. The van der Waals surface area contributed by atoms with E-state index in [0.29, 0.717) is 5.71 Å². The summed E-state index contributed by atoms with van der Waals surface area (Å²) < 4.78 is 0. The highest BCUT2D eigenvalue weighted by atomic mass is 16.2. The minimum atomic E-state index is -0.442. The number of piperidine rings is 1. The molecule has 84 valence electrons. The molecule has 1 rings (SSSR count). The monoisotopic (exact) mass is 210 g/mol. The second-order valence-corrected chi connectivity index (χ2v) is 3.81. The van der Waals surface area contributed by atoms with Crippen molar-refractivity contribution in [2.24, 2.45) is 5.10 Å². The van der Waals surface area contributed by atoms with Crippen LogP contribution in [0.2, 0.25) is 0 Å². The summed E-state index contributed by atoms with van der Waals surface area (Å²) in [5.74, 6) is -0.795. The van der Waals surface area contributed by atoms with Crippen LogP contribution in [0.3, 0.4) is 0 Å². The summed E-state index contributed by atoms with van der Waals surface area (Å²) in [6, 6.07) is 0. The molecule has 0 aromatic heterocycles. The molecule has 0 aromatic rings. The number of ketones is 2. The van der Waals surface area contributed by atoms with Crippen LogP contribution in [0.15, 0.2) is 5.10 Å². The van der Waals surface area contributed by atoms with Crippen LogP contribution in [0.4, 0.5) is 0 Å². The summed E-state index contributed by atoms with van der Waals surface area (Å²) >= 11 is 0.